The summed E-state index contributed by atoms with van der Waals surface area (Å²) in [4.78, 5) is 18.1. The fraction of sp³-hybridized carbons (Fsp3) is 0.529. The van der Waals surface area contributed by atoms with Crippen LogP contribution in [-0.2, 0) is 11.3 Å². The average molecular weight is 333 g/mol. The number of pyridine rings is 1. The minimum Gasteiger partial charge on any atom is -0.447 e. The minimum absolute atomic E-state index is 0.0574. The van der Waals surface area contributed by atoms with Crippen LogP contribution in [0.15, 0.2) is 23.7 Å². The average Bonchev–Trinajstić information content (AvgIpc) is 3.00. The SMILES string of the molecule is CC(C)OC(=O)N1CCC(NCc2cnc3ccsc3c2)CC1. The lowest BCUT2D eigenvalue weighted by Gasteiger charge is -2.32. The standard InChI is InChI=1S/C17H23N3O2S/c1-12(2)22-17(21)20-6-3-14(4-7-20)18-10-13-9-16-15(19-11-13)5-8-23-16/h5,8-9,11-12,14,18H,3-4,6-7,10H2,1-2H3. The summed E-state index contributed by atoms with van der Waals surface area (Å²) in [5, 5.41) is 5.65. The smallest absolute Gasteiger partial charge is 0.410 e. The Morgan fingerprint density at radius 3 is 3.00 bits per heavy atom. The van der Waals surface area contributed by atoms with Crippen LogP contribution >= 0.6 is 11.3 Å². The second-order valence-corrected chi connectivity index (χ2v) is 7.17. The van der Waals surface area contributed by atoms with Crippen LogP contribution in [0.5, 0.6) is 0 Å². The summed E-state index contributed by atoms with van der Waals surface area (Å²) in [5.74, 6) is 0. The van der Waals surface area contributed by atoms with Gasteiger partial charge in [0.1, 0.15) is 0 Å². The van der Waals surface area contributed by atoms with Gasteiger partial charge in [-0.3, -0.25) is 4.98 Å². The van der Waals surface area contributed by atoms with Gasteiger partial charge in [-0.1, -0.05) is 0 Å². The van der Waals surface area contributed by atoms with Crippen molar-refractivity contribution in [3.63, 3.8) is 0 Å². The van der Waals surface area contributed by atoms with Gasteiger partial charge in [-0.05, 0) is 49.8 Å². The van der Waals surface area contributed by atoms with E-state index in [4.69, 9.17) is 4.74 Å². The van der Waals surface area contributed by atoms with Gasteiger partial charge < -0.3 is 15.0 Å². The molecule has 1 saturated heterocycles. The van der Waals surface area contributed by atoms with E-state index in [0.29, 0.717) is 6.04 Å². The van der Waals surface area contributed by atoms with E-state index in [-0.39, 0.29) is 12.2 Å². The Kier molecular flexibility index (Phi) is 5.13. The van der Waals surface area contributed by atoms with Gasteiger partial charge in [0.2, 0.25) is 0 Å². The van der Waals surface area contributed by atoms with Crippen LogP contribution < -0.4 is 5.32 Å². The Morgan fingerprint density at radius 2 is 2.26 bits per heavy atom. The predicted octanol–water partition coefficient (Wildman–Crippen LogP) is 3.40. The first-order valence-electron chi connectivity index (χ1n) is 8.13. The summed E-state index contributed by atoms with van der Waals surface area (Å²) in [6.45, 7) is 6.09. The maximum absolute atomic E-state index is 11.9. The van der Waals surface area contributed by atoms with Gasteiger partial charge >= 0.3 is 6.09 Å². The van der Waals surface area contributed by atoms with Gasteiger partial charge in [-0.25, -0.2) is 4.79 Å². The van der Waals surface area contributed by atoms with Crippen molar-refractivity contribution in [1.82, 2.24) is 15.2 Å². The number of rotatable bonds is 4. The fourth-order valence-corrected chi connectivity index (χ4v) is 3.59. The highest BCUT2D eigenvalue weighted by molar-refractivity contribution is 7.17. The Bertz CT molecular complexity index is 663. The number of hydrogen-bond acceptors (Lipinski definition) is 5. The molecule has 0 bridgehead atoms. The topological polar surface area (TPSA) is 54.5 Å². The van der Waals surface area contributed by atoms with Crippen LogP contribution in [0.3, 0.4) is 0 Å². The Balaban J connectivity index is 1.46. The zero-order chi connectivity index (χ0) is 16.2. The second-order valence-electron chi connectivity index (χ2n) is 6.22. The molecule has 1 fully saturated rings. The van der Waals surface area contributed by atoms with Crippen LogP contribution in [0.2, 0.25) is 0 Å². The number of carbonyl (C=O) groups excluding carboxylic acids is 1. The summed E-state index contributed by atoms with van der Waals surface area (Å²) < 4.78 is 6.48. The molecular formula is C17H23N3O2S. The molecule has 3 heterocycles. The van der Waals surface area contributed by atoms with E-state index < -0.39 is 0 Å². The third kappa shape index (κ3) is 4.20. The first-order chi connectivity index (χ1) is 11.1. The van der Waals surface area contributed by atoms with Gasteiger partial charge in [-0.15, -0.1) is 11.3 Å². The highest BCUT2D eigenvalue weighted by Gasteiger charge is 2.23. The largest absolute Gasteiger partial charge is 0.447 e. The Hall–Kier alpha value is -1.66. The van der Waals surface area contributed by atoms with Gasteiger partial charge in [0, 0.05) is 31.9 Å². The zero-order valence-electron chi connectivity index (χ0n) is 13.6. The van der Waals surface area contributed by atoms with E-state index >= 15 is 0 Å². The molecule has 6 heteroatoms. The number of amides is 1. The maximum Gasteiger partial charge on any atom is 0.410 e. The third-order valence-electron chi connectivity index (χ3n) is 4.04. The molecule has 3 rings (SSSR count). The fourth-order valence-electron chi connectivity index (χ4n) is 2.79. The highest BCUT2D eigenvalue weighted by Crippen LogP contribution is 2.20. The molecule has 23 heavy (non-hydrogen) atoms. The molecule has 0 radical (unpaired) electrons. The number of fused-ring (bicyclic) bond motifs is 1. The lowest BCUT2D eigenvalue weighted by Crippen LogP contribution is -2.45. The molecule has 1 N–H and O–H groups in total. The molecule has 0 atom stereocenters. The summed E-state index contributed by atoms with van der Waals surface area (Å²) >= 11 is 1.72. The number of thiophene rings is 1. The van der Waals surface area contributed by atoms with Gasteiger partial charge in [0.15, 0.2) is 0 Å². The molecule has 124 valence electrons. The quantitative estimate of drug-likeness (QED) is 0.932. The van der Waals surface area contributed by atoms with Gasteiger partial charge in [-0.2, -0.15) is 0 Å². The molecule has 0 aliphatic carbocycles. The monoisotopic (exact) mass is 333 g/mol. The lowest BCUT2D eigenvalue weighted by molar-refractivity contribution is 0.0678. The van der Waals surface area contributed by atoms with E-state index in [0.717, 1.165) is 38.0 Å². The summed E-state index contributed by atoms with van der Waals surface area (Å²) in [6, 6.07) is 4.69. The van der Waals surface area contributed by atoms with Crippen molar-refractivity contribution < 1.29 is 9.53 Å². The van der Waals surface area contributed by atoms with Crippen molar-refractivity contribution >= 4 is 27.6 Å². The van der Waals surface area contributed by atoms with E-state index in [9.17, 15) is 4.79 Å². The maximum atomic E-state index is 11.9. The van der Waals surface area contributed by atoms with E-state index in [2.05, 4.69) is 21.7 Å². The molecule has 2 aromatic heterocycles. The molecular weight excluding hydrogens is 310 g/mol. The van der Waals surface area contributed by atoms with Crippen molar-refractivity contribution in [2.45, 2.75) is 45.4 Å². The molecule has 1 aliphatic heterocycles. The number of ether oxygens (including phenoxy) is 1. The van der Waals surface area contributed by atoms with Gasteiger partial charge in [0.25, 0.3) is 0 Å². The molecule has 0 saturated carbocycles. The number of nitrogens with zero attached hydrogens (tertiary/aromatic N) is 2. The number of likely N-dealkylation sites (tertiary alicyclic amines) is 1. The van der Waals surface area contributed by atoms with Crippen LogP contribution in [-0.4, -0.2) is 41.2 Å². The Labute approximate surface area is 140 Å². The van der Waals surface area contributed by atoms with Crippen molar-refractivity contribution in [3.8, 4) is 0 Å². The molecule has 1 aliphatic rings. The van der Waals surface area contributed by atoms with Crippen LogP contribution in [0.25, 0.3) is 10.2 Å². The first-order valence-corrected chi connectivity index (χ1v) is 9.01. The molecule has 0 aromatic carbocycles. The number of aromatic nitrogens is 1. The second kappa shape index (κ2) is 7.27. The van der Waals surface area contributed by atoms with Crippen molar-refractivity contribution in [2.24, 2.45) is 0 Å². The van der Waals surface area contributed by atoms with E-state index in [1.54, 1.807) is 16.2 Å². The summed E-state index contributed by atoms with van der Waals surface area (Å²) in [5.41, 5.74) is 2.28. The summed E-state index contributed by atoms with van der Waals surface area (Å²) in [7, 11) is 0. The number of carbonyl (C=O) groups is 1. The number of hydrogen-bond donors (Lipinski definition) is 1. The highest BCUT2D eigenvalue weighted by atomic mass is 32.1. The molecule has 5 nitrogen and oxygen atoms in total. The molecule has 0 unspecified atom stereocenters. The summed E-state index contributed by atoms with van der Waals surface area (Å²) in [6.07, 6.45) is 3.62. The van der Waals surface area contributed by atoms with Crippen LogP contribution in [0, 0.1) is 0 Å². The van der Waals surface area contributed by atoms with E-state index in [1.807, 2.05) is 26.1 Å². The van der Waals surface area contributed by atoms with Gasteiger partial charge in [0.05, 0.1) is 16.3 Å². The van der Waals surface area contributed by atoms with Crippen molar-refractivity contribution in [2.75, 3.05) is 13.1 Å². The lowest BCUT2D eigenvalue weighted by atomic mass is 10.1. The first kappa shape index (κ1) is 16.2. The minimum atomic E-state index is -0.189. The van der Waals surface area contributed by atoms with Crippen molar-refractivity contribution in [1.29, 1.82) is 0 Å². The molecule has 2 aromatic rings. The number of nitrogens with one attached hydrogen (secondary N) is 1. The molecule has 1 amide bonds. The Morgan fingerprint density at radius 1 is 1.48 bits per heavy atom. The zero-order valence-corrected chi connectivity index (χ0v) is 14.4. The van der Waals surface area contributed by atoms with Crippen LogP contribution in [0.1, 0.15) is 32.3 Å². The predicted molar refractivity (Wildman–Crippen MR) is 92.7 cm³/mol. The normalized spacial score (nSPS) is 16.2. The van der Waals surface area contributed by atoms with Crippen molar-refractivity contribution in [3.05, 3.63) is 29.3 Å². The van der Waals surface area contributed by atoms with Crippen LogP contribution in [0.4, 0.5) is 4.79 Å². The number of piperidine rings is 1. The third-order valence-corrected chi connectivity index (χ3v) is 4.90. The van der Waals surface area contributed by atoms with E-state index in [1.165, 1.54) is 10.3 Å². The molecule has 0 spiro atoms.